The van der Waals surface area contributed by atoms with E-state index in [0.29, 0.717) is 37.1 Å². The van der Waals surface area contributed by atoms with Crippen molar-refractivity contribution in [2.24, 2.45) is 0 Å². The Balaban J connectivity index is 1.59. The van der Waals surface area contributed by atoms with E-state index in [-0.39, 0.29) is 18.1 Å². The summed E-state index contributed by atoms with van der Waals surface area (Å²) in [7, 11) is 0. The van der Waals surface area contributed by atoms with Gasteiger partial charge in [0.05, 0.1) is 13.2 Å². The first-order valence-corrected chi connectivity index (χ1v) is 10.8. The van der Waals surface area contributed by atoms with Crippen LogP contribution in [0.1, 0.15) is 49.6 Å². The van der Waals surface area contributed by atoms with Crippen molar-refractivity contribution in [2.75, 3.05) is 6.61 Å². The van der Waals surface area contributed by atoms with Gasteiger partial charge >= 0.3 is 5.97 Å². The van der Waals surface area contributed by atoms with E-state index in [4.69, 9.17) is 4.74 Å². The zero-order valence-corrected chi connectivity index (χ0v) is 18.0. The molecule has 164 valence electrons. The molecule has 1 fully saturated rings. The molecule has 0 bridgehead atoms. The highest BCUT2D eigenvalue weighted by Crippen LogP contribution is 2.26. The van der Waals surface area contributed by atoms with Gasteiger partial charge in [-0.25, -0.2) is 4.68 Å². The van der Waals surface area contributed by atoms with Crippen LogP contribution >= 0.6 is 0 Å². The lowest BCUT2D eigenvalue weighted by molar-refractivity contribution is -0.144. The Hall–Kier alpha value is -3.07. The number of aromatic nitrogens is 5. The molecule has 0 unspecified atom stereocenters. The van der Waals surface area contributed by atoms with Crippen molar-refractivity contribution >= 4 is 16.9 Å². The molecular weight excluding hydrogens is 396 g/mol. The highest BCUT2D eigenvalue weighted by Gasteiger charge is 2.26. The fourth-order valence-electron chi connectivity index (χ4n) is 4.25. The van der Waals surface area contributed by atoms with E-state index < -0.39 is 0 Å². The molecule has 3 aromatic rings. The molecule has 0 saturated heterocycles. The zero-order valence-electron chi connectivity index (χ0n) is 18.0. The molecule has 31 heavy (non-hydrogen) atoms. The summed E-state index contributed by atoms with van der Waals surface area (Å²) in [5, 5.41) is 12.8. The SMILES string of the molecule is CCOC(=O)Cn1nnnc1CN(Cc1cc2ccc(C)cc2[nH]c1=O)C1CCCC1. The van der Waals surface area contributed by atoms with Crippen LogP contribution < -0.4 is 5.56 Å². The Morgan fingerprint density at radius 1 is 1.26 bits per heavy atom. The van der Waals surface area contributed by atoms with E-state index in [2.05, 4.69) is 25.4 Å². The highest BCUT2D eigenvalue weighted by molar-refractivity contribution is 5.79. The number of rotatable bonds is 8. The summed E-state index contributed by atoms with van der Waals surface area (Å²) < 4.78 is 6.50. The van der Waals surface area contributed by atoms with Crippen molar-refractivity contribution in [3.63, 3.8) is 0 Å². The van der Waals surface area contributed by atoms with E-state index in [0.717, 1.165) is 29.3 Å². The van der Waals surface area contributed by atoms with Gasteiger partial charge in [-0.15, -0.1) is 5.10 Å². The third kappa shape index (κ3) is 4.99. The minimum Gasteiger partial charge on any atom is -0.465 e. The molecule has 1 aliphatic carbocycles. The molecule has 1 aliphatic rings. The molecule has 1 saturated carbocycles. The van der Waals surface area contributed by atoms with Crippen molar-refractivity contribution < 1.29 is 9.53 Å². The molecule has 0 amide bonds. The molecule has 0 atom stereocenters. The highest BCUT2D eigenvalue weighted by atomic mass is 16.5. The third-order valence-electron chi connectivity index (χ3n) is 5.83. The minimum atomic E-state index is -0.371. The zero-order chi connectivity index (χ0) is 21.8. The molecule has 1 aromatic carbocycles. The standard InChI is InChI=1S/C22H28N6O3/c1-3-31-21(29)14-28-20(24-25-26-28)13-27(18-6-4-5-7-18)12-17-11-16-9-8-15(2)10-19(16)23-22(17)30/h8-11,18H,3-7,12-14H2,1-2H3,(H,23,30). The summed E-state index contributed by atoms with van der Waals surface area (Å²) in [5.41, 5.74) is 2.59. The Bertz CT molecular complexity index is 1120. The van der Waals surface area contributed by atoms with E-state index in [9.17, 15) is 9.59 Å². The maximum absolute atomic E-state index is 12.8. The van der Waals surface area contributed by atoms with Crippen LogP contribution in [0.2, 0.25) is 0 Å². The number of nitrogens with one attached hydrogen (secondary N) is 1. The fourth-order valence-corrected chi connectivity index (χ4v) is 4.25. The molecule has 0 spiro atoms. The van der Waals surface area contributed by atoms with Crippen molar-refractivity contribution in [3.05, 3.63) is 51.6 Å². The predicted octanol–water partition coefficient (Wildman–Crippen LogP) is 2.33. The first-order chi connectivity index (χ1) is 15.0. The van der Waals surface area contributed by atoms with Gasteiger partial charge in [0.2, 0.25) is 0 Å². The second-order valence-corrected chi connectivity index (χ2v) is 8.12. The molecule has 9 heteroatoms. The van der Waals surface area contributed by atoms with E-state index in [1.165, 1.54) is 17.5 Å². The van der Waals surface area contributed by atoms with Crippen LogP contribution in [0.3, 0.4) is 0 Å². The van der Waals surface area contributed by atoms with Crippen molar-refractivity contribution in [2.45, 2.75) is 65.2 Å². The van der Waals surface area contributed by atoms with Crippen molar-refractivity contribution in [1.82, 2.24) is 30.1 Å². The second-order valence-electron chi connectivity index (χ2n) is 8.12. The Kier molecular flexibility index (Phi) is 6.41. The number of carbonyl (C=O) groups excluding carboxylic acids is 1. The molecule has 2 aromatic heterocycles. The average molecular weight is 425 g/mol. The van der Waals surface area contributed by atoms with Crippen LogP contribution in [-0.2, 0) is 29.2 Å². The number of aryl methyl sites for hydroxylation is 1. The largest absolute Gasteiger partial charge is 0.465 e. The number of pyridine rings is 1. The summed E-state index contributed by atoms with van der Waals surface area (Å²) in [6.45, 7) is 5.02. The topological polar surface area (TPSA) is 106 Å². The lowest BCUT2D eigenvalue weighted by Gasteiger charge is -2.28. The number of aromatic amines is 1. The van der Waals surface area contributed by atoms with Gasteiger partial charge in [0, 0.05) is 23.7 Å². The molecule has 9 nitrogen and oxygen atoms in total. The van der Waals surface area contributed by atoms with Gasteiger partial charge in [0.25, 0.3) is 5.56 Å². The molecular formula is C22H28N6O3. The van der Waals surface area contributed by atoms with Gasteiger partial charge in [0.1, 0.15) is 6.54 Å². The number of esters is 1. The van der Waals surface area contributed by atoms with E-state index in [1.54, 1.807) is 6.92 Å². The third-order valence-corrected chi connectivity index (χ3v) is 5.83. The number of nitrogens with zero attached hydrogens (tertiary/aromatic N) is 5. The maximum Gasteiger partial charge on any atom is 0.327 e. The Morgan fingerprint density at radius 2 is 2.06 bits per heavy atom. The quantitative estimate of drug-likeness (QED) is 0.553. The number of carbonyl (C=O) groups is 1. The van der Waals surface area contributed by atoms with Crippen molar-refractivity contribution in [1.29, 1.82) is 0 Å². The number of ether oxygens (including phenoxy) is 1. The molecule has 4 rings (SSSR count). The molecule has 0 aliphatic heterocycles. The normalized spacial score (nSPS) is 14.5. The van der Waals surface area contributed by atoms with Gasteiger partial charge in [0.15, 0.2) is 5.82 Å². The molecule has 0 radical (unpaired) electrons. The number of hydrogen-bond donors (Lipinski definition) is 1. The summed E-state index contributed by atoms with van der Waals surface area (Å²) in [6.07, 6.45) is 4.48. The van der Waals surface area contributed by atoms with E-state index in [1.807, 2.05) is 31.2 Å². The smallest absolute Gasteiger partial charge is 0.327 e. The summed E-state index contributed by atoms with van der Waals surface area (Å²) in [6, 6.07) is 8.38. The monoisotopic (exact) mass is 424 g/mol. The molecule has 1 N–H and O–H groups in total. The summed E-state index contributed by atoms with van der Waals surface area (Å²) >= 11 is 0. The first kappa shape index (κ1) is 21.2. The van der Waals surface area contributed by atoms with Crippen LogP contribution in [0, 0.1) is 6.92 Å². The fraction of sp³-hybridized carbons (Fsp3) is 0.500. The lowest BCUT2D eigenvalue weighted by Crippen LogP contribution is -2.35. The average Bonchev–Trinajstić information content (AvgIpc) is 3.41. The van der Waals surface area contributed by atoms with Crippen LogP contribution in [0.15, 0.2) is 29.1 Å². The number of hydrogen-bond acceptors (Lipinski definition) is 7. The van der Waals surface area contributed by atoms with Gasteiger partial charge in [-0.05, 0) is 60.2 Å². The summed E-state index contributed by atoms with van der Waals surface area (Å²) in [4.78, 5) is 30.0. The minimum absolute atomic E-state index is 0.0232. The Labute approximate surface area is 180 Å². The van der Waals surface area contributed by atoms with Gasteiger partial charge < -0.3 is 9.72 Å². The number of tetrazole rings is 1. The van der Waals surface area contributed by atoms with E-state index >= 15 is 0 Å². The van der Waals surface area contributed by atoms with Gasteiger partial charge in [-0.3, -0.25) is 14.5 Å². The number of H-pyrrole nitrogens is 1. The van der Waals surface area contributed by atoms with Gasteiger partial charge in [-0.2, -0.15) is 0 Å². The molecule has 2 heterocycles. The number of benzene rings is 1. The van der Waals surface area contributed by atoms with Crippen LogP contribution in [0.5, 0.6) is 0 Å². The first-order valence-electron chi connectivity index (χ1n) is 10.8. The second kappa shape index (κ2) is 9.38. The van der Waals surface area contributed by atoms with Crippen LogP contribution in [0.4, 0.5) is 0 Å². The van der Waals surface area contributed by atoms with Crippen LogP contribution in [-0.4, -0.2) is 48.7 Å². The maximum atomic E-state index is 12.8. The van der Waals surface area contributed by atoms with Gasteiger partial charge in [-0.1, -0.05) is 25.0 Å². The Morgan fingerprint density at radius 3 is 2.84 bits per heavy atom. The van der Waals surface area contributed by atoms with Crippen molar-refractivity contribution in [3.8, 4) is 0 Å². The van der Waals surface area contributed by atoms with Crippen LogP contribution in [0.25, 0.3) is 10.9 Å². The summed E-state index contributed by atoms with van der Waals surface area (Å²) in [5.74, 6) is 0.220. The lowest BCUT2D eigenvalue weighted by atomic mass is 10.1. The predicted molar refractivity (Wildman–Crippen MR) is 115 cm³/mol. The number of fused-ring (bicyclic) bond motifs is 1.